The first-order chi connectivity index (χ1) is 16.4. The van der Waals surface area contributed by atoms with Gasteiger partial charge >= 0.3 is 5.97 Å². The molecule has 0 saturated heterocycles. The first-order valence-electron chi connectivity index (χ1n) is 10.6. The molecule has 9 heteroatoms. The van der Waals surface area contributed by atoms with Crippen molar-refractivity contribution in [3.8, 4) is 17.2 Å². The molecule has 1 aromatic heterocycles. The third-order valence-electron chi connectivity index (χ3n) is 5.44. The number of benzene rings is 2. The van der Waals surface area contributed by atoms with E-state index < -0.39 is 12.0 Å². The summed E-state index contributed by atoms with van der Waals surface area (Å²) in [5.74, 6) is 0.639. The number of nitrogens with zero attached hydrogens (tertiary/aromatic N) is 2. The van der Waals surface area contributed by atoms with Crippen molar-refractivity contribution in [1.82, 2.24) is 4.57 Å². The second-order valence-electron chi connectivity index (χ2n) is 7.50. The van der Waals surface area contributed by atoms with Gasteiger partial charge in [-0.3, -0.25) is 9.36 Å². The van der Waals surface area contributed by atoms with Crippen LogP contribution in [0.15, 0.2) is 63.5 Å². The fraction of sp³-hybridized carbons (Fsp3) is 0.240. The summed E-state index contributed by atoms with van der Waals surface area (Å²) in [6.07, 6.45) is 1.73. The van der Waals surface area contributed by atoms with Crippen LogP contribution in [0, 0.1) is 0 Å². The van der Waals surface area contributed by atoms with Crippen LogP contribution in [0.1, 0.15) is 31.0 Å². The summed E-state index contributed by atoms with van der Waals surface area (Å²) in [7, 11) is 3.07. The standard InChI is InChI=1S/C25H24N2O6S/c1-5-33-24(30)21-14(2)26-25-27(22(21)18-13-17(31-3)10-11-19(18)32-4)23(29)20(34-25)12-15-6-8-16(28)9-7-15/h6-13,22,28H,5H2,1-4H3. The number of esters is 1. The number of rotatable bonds is 6. The zero-order chi connectivity index (χ0) is 24.4. The highest BCUT2D eigenvalue weighted by Gasteiger charge is 2.35. The number of methoxy groups -OCH3 is 2. The summed E-state index contributed by atoms with van der Waals surface area (Å²) >= 11 is 1.22. The molecular formula is C25H24N2O6S. The van der Waals surface area contributed by atoms with Crippen LogP contribution in [-0.2, 0) is 9.53 Å². The molecule has 1 aliphatic heterocycles. The number of allylic oxidation sites excluding steroid dienone is 1. The molecule has 1 atom stereocenters. The Kier molecular flexibility index (Phi) is 6.56. The maximum atomic E-state index is 13.6. The summed E-state index contributed by atoms with van der Waals surface area (Å²) in [5.41, 5.74) is 1.75. The molecule has 2 aromatic carbocycles. The van der Waals surface area contributed by atoms with Crippen molar-refractivity contribution >= 4 is 23.4 Å². The first kappa shape index (κ1) is 23.3. The van der Waals surface area contributed by atoms with Gasteiger partial charge in [0.25, 0.3) is 5.56 Å². The second kappa shape index (κ2) is 9.56. The minimum absolute atomic E-state index is 0.137. The van der Waals surface area contributed by atoms with Crippen LogP contribution in [0.2, 0.25) is 0 Å². The van der Waals surface area contributed by atoms with E-state index in [4.69, 9.17) is 14.2 Å². The number of hydrogen-bond acceptors (Lipinski definition) is 8. The molecule has 2 heterocycles. The fourth-order valence-electron chi connectivity index (χ4n) is 3.86. The van der Waals surface area contributed by atoms with Crippen LogP contribution >= 0.6 is 11.3 Å². The lowest BCUT2D eigenvalue weighted by molar-refractivity contribution is -0.139. The molecule has 0 radical (unpaired) electrons. The molecular weight excluding hydrogens is 456 g/mol. The van der Waals surface area contributed by atoms with Gasteiger partial charge in [0.15, 0.2) is 4.80 Å². The van der Waals surface area contributed by atoms with Gasteiger partial charge in [0.2, 0.25) is 0 Å². The Bertz CT molecular complexity index is 1450. The average Bonchev–Trinajstić information content (AvgIpc) is 3.13. The molecule has 0 aliphatic carbocycles. The zero-order valence-corrected chi connectivity index (χ0v) is 20.0. The molecule has 0 bridgehead atoms. The molecule has 0 spiro atoms. The van der Waals surface area contributed by atoms with E-state index in [2.05, 4.69) is 4.99 Å². The lowest BCUT2D eigenvalue weighted by Gasteiger charge is -2.26. The minimum atomic E-state index is -0.817. The van der Waals surface area contributed by atoms with E-state index >= 15 is 0 Å². The molecule has 176 valence electrons. The average molecular weight is 481 g/mol. The highest BCUT2D eigenvalue weighted by atomic mass is 32.1. The van der Waals surface area contributed by atoms with Crippen molar-refractivity contribution in [3.05, 3.63) is 84.5 Å². The summed E-state index contributed by atoms with van der Waals surface area (Å²) in [5, 5.41) is 9.55. The number of aromatic nitrogens is 1. The number of aromatic hydroxyl groups is 1. The monoisotopic (exact) mass is 480 g/mol. The van der Waals surface area contributed by atoms with E-state index in [9.17, 15) is 14.7 Å². The molecule has 1 N–H and O–H groups in total. The number of hydrogen-bond donors (Lipinski definition) is 1. The molecule has 0 amide bonds. The van der Waals surface area contributed by atoms with Gasteiger partial charge in [0.05, 0.1) is 36.6 Å². The van der Waals surface area contributed by atoms with Crippen LogP contribution in [0.5, 0.6) is 17.2 Å². The van der Waals surface area contributed by atoms with E-state index in [1.54, 1.807) is 69.5 Å². The van der Waals surface area contributed by atoms with Crippen molar-refractivity contribution in [3.63, 3.8) is 0 Å². The van der Waals surface area contributed by atoms with E-state index in [-0.39, 0.29) is 23.5 Å². The van der Waals surface area contributed by atoms with Crippen molar-refractivity contribution in [2.24, 2.45) is 4.99 Å². The van der Waals surface area contributed by atoms with Crippen molar-refractivity contribution in [2.45, 2.75) is 19.9 Å². The summed E-state index contributed by atoms with van der Waals surface area (Å²) in [6.45, 7) is 3.63. The Morgan fingerprint density at radius 2 is 1.91 bits per heavy atom. The number of carbonyl (C=O) groups excluding carboxylic acids is 1. The highest BCUT2D eigenvalue weighted by Crippen LogP contribution is 2.37. The van der Waals surface area contributed by atoms with Crippen LogP contribution < -0.4 is 24.4 Å². The smallest absolute Gasteiger partial charge is 0.338 e. The Morgan fingerprint density at radius 1 is 1.18 bits per heavy atom. The highest BCUT2D eigenvalue weighted by molar-refractivity contribution is 7.07. The number of phenolic OH excluding ortho intramolecular Hbond substituents is 1. The zero-order valence-electron chi connectivity index (χ0n) is 19.2. The number of thiazole rings is 1. The predicted molar refractivity (Wildman–Crippen MR) is 128 cm³/mol. The Morgan fingerprint density at radius 3 is 2.56 bits per heavy atom. The van der Waals surface area contributed by atoms with E-state index in [1.807, 2.05) is 0 Å². The molecule has 34 heavy (non-hydrogen) atoms. The summed E-state index contributed by atoms with van der Waals surface area (Å²) in [6, 6.07) is 10.9. The van der Waals surface area contributed by atoms with Gasteiger partial charge in [-0.1, -0.05) is 23.5 Å². The number of ether oxygens (including phenoxy) is 3. The SMILES string of the molecule is CCOC(=O)C1=C(C)N=c2sc(=Cc3ccc(O)cc3)c(=O)n2C1c1cc(OC)ccc1OC. The third kappa shape index (κ3) is 4.22. The predicted octanol–water partition coefficient (Wildman–Crippen LogP) is 2.52. The van der Waals surface area contributed by atoms with Crippen molar-refractivity contribution in [2.75, 3.05) is 20.8 Å². The molecule has 4 rings (SSSR count). The number of fused-ring (bicyclic) bond motifs is 1. The molecule has 0 saturated carbocycles. The van der Waals surface area contributed by atoms with E-state index in [0.717, 1.165) is 5.56 Å². The Balaban J connectivity index is 2.01. The molecule has 1 aliphatic rings. The molecule has 8 nitrogen and oxygen atoms in total. The van der Waals surface area contributed by atoms with Gasteiger partial charge in [-0.25, -0.2) is 9.79 Å². The van der Waals surface area contributed by atoms with Gasteiger partial charge in [-0.05, 0) is 55.8 Å². The first-order valence-corrected chi connectivity index (χ1v) is 11.4. The maximum Gasteiger partial charge on any atom is 0.338 e. The molecule has 0 fully saturated rings. The minimum Gasteiger partial charge on any atom is -0.508 e. The van der Waals surface area contributed by atoms with Gasteiger partial charge in [0.1, 0.15) is 23.3 Å². The maximum absolute atomic E-state index is 13.6. The Labute approximate surface area is 199 Å². The molecule has 1 unspecified atom stereocenters. The number of phenols is 1. The van der Waals surface area contributed by atoms with Crippen LogP contribution in [0.3, 0.4) is 0 Å². The Hall–Kier alpha value is -3.85. The topological polar surface area (TPSA) is 99.4 Å². The van der Waals surface area contributed by atoms with E-state index in [0.29, 0.717) is 32.1 Å². The quantitative estimate of drug-likeness (QED) is 0.545. The largest absolute Gasteiger partial charge is 0.508 e. The van der Waals surface area contributed by atoms with Crippen molar-refractivity contribution in [1.29, 1.82) is 0 Å². The normalized spacial score (nSPS) is 15.5. The lowest BCUT2D eigenvalue weighted by Crippen LogP contribution is -2.40. The van der Waals surface area contributed by atoms with Gasteiger partial charge < -0.3 is 19.3 Å². The van der Waals surface area contributed by atoms with Crippen LogP contribution in [0.4, 0.5) is 0 Å². The number of carbonyl (C=O) groups is 1. The van der Waals surface area contributed by atoms with Gasteiger partial charge in [-0.15, -0.1) is 0 Å². The van der Waals surface area contributed by atoms with Gasteiger partial charge in [-0.2, -0.15) is 0 Å². The lowest BCUT2D eigenvalue weighted by atomic mass is 9.94. The van der Waals surface area contributed by atoms with E-state index in [1.165, 1.54) is 23.0 Å². The third-order valence-corrected chi connectivity index (χ3v) is 6.42. The van der Waals surface area contributed by atoms with Crippen LogP contribution in [-0.4, -0.2) is 36.5 Å². The summed E-state index contributed by atoms with van der Waals surface area (Å²) in [4.78, 5) is 31.7. The van der Waals surface area contributed by atoms with Crippen molar-refractivity contribution < 1.29 is 24.1 Å². The van der Waals surface area contributed by atoms with Gasteiger partial charge in [0, 0.05) is 5.56 Å². The second-order valence-corrected chi connectivity index (χ2v) is 8.51. The molecule has 3 aromatic rings. The summed E-state index contributed by atoms with van der Waals surface area (Å²) < 4.78 is 18.3. The fourth-order valence-corrected chi connectivity index (χ4v) is 4.91. The van der Waals surface area contributed by atoms with Crippen LogP contribution in [0.25, 0.3) is 6.08 Å².